The summed E-state index contributed by atoms with van der Waals surface area (Å²) in [6, 6.07) is 6.78. The quantitative estimate of drug-likeness (QED) is 0.867. The molecule has 2 aliphatic rings. The van der Waals surface area contributed by atoms with Crippen molar-refractivity contribution in [1.29, 1.82) is 0 Å². The van der Waals surface area contributed by atoms with Gasteiger partial charge in [-0.2, -0.15) is 0 Å². The van der Waals surface area contributed by atoms with E-state index in [1.54, 1.807) is 6.33 Å². The lowest BCUT2D eigenvalue weighted by Gasteiger charge is -2.42. The molecule has 2 bridgehead atoms. The Morgan fingerprint density at radius 2 is 2.32 bits per heavy atom. The summed E-state index contributed by atoms with van der Waals surface area (Å²) in [5.41, 5.74) is 3.20. The lowest BCUT2D eigenvalue weighted by Crippen LogP contribution is -2.47. The third-order valence-electron chi connectivity index (χ3n) is 4.99. The second kappa shape index (κ2) is 4.05. The minimum atomic E-state index is -0.201. The molecule has 0 amide bonds. The van der Waals surface area contributed by atoms with Crippen LogP contribution < -0.4 is 5.32 Å². The molecule has 2 fully saturated rings. The summed E-state index contributed by atoms with van der Waals surface area (Å²) in [6.07, 6.45) is 5.49. The highest BCUT2D eigenvalue weighted by molar-refractivity contribution is 5.79. The SMILES string of the molecule is COC1(c2cccc3[nH]cnc23)C2CCCC1NC2. The van der Waals surface area contributed by atoms with Crippen LogP contribution in [0.1, 0.15) is 24.8 Å². The van der Waals surface area contributed by atoms with Gasteiger partial charge >= 0.3 is 0 Å². The molecule has 3 atom stereocenters. The molecule has 2 heterocycles. The highest BCUT2D eigenvalue weighted by Crippen LogP contribution is 2.49. The zero-order valence-electron chi connectivity index (χ0n) is 11.1. The molecule has 1 saturated heterocycles. The fourth-order valence-electron chi connectivity index (χ4n) is 4.18. The van der Waals surface area contributed by atoms with Crippen molar-refractivity contribution in [3.05, 3.63) is 30.1 Å². The predicted octanol–water partition coefficient (Wildman–Crippen LogP) is 2.18. The summed E-state index contributed by atoms with van der Waals surface area (Å²) in [4.78, 5) is 7.72. The molecule has 1 saturated carbocycles. The van der Waals surface area contributed by atoms with Gasteiger partial charge in [-0.3, -0.25) is 0 Å². The first kappa shape index (κ1) is 11.4. The number of H-pyrrole nitrogens is 1. The molecule has 0 spiro atoms. The fourth-order valence-corrected chi connectivity index (χ4v) is 4.18. The van der Waals surface area contributed by atoms with E-state index in [4.69, 9.17) is 4.74 Å². The Morgan fingerprint density at radius 3 is 3.16 bits per heavy atom. The van der Waals surface area contributed by atoms with Crippen LogP contribution in [0.5, 0.6) is 0 Å². The molecule has 19 heavy (non-hydrogen) atoms. The molecule has 1 aliphatic heterocycles. The maximum atomic E-state index is 6.11. The van der Waals surface area contributed by atoms with E-state index in [-0.39, 0.29) is 5.60 Å². The lowest BCUT2D eigenvalue weighted by molar-refractivity contribution is -0.0756. The first-order chi connectivity index (χ1) is 9.36. The number of nitrogens with zero attached hydrogens (tertiary/aromatic N) is 1. The third-order valence-corrected chi connectivity index (χ3v) is 4.99. The Hall–Kier alpha value is -1.39. The Kier molecular flexibility index (Phi) is 2.44. The van der Waals surface area contributed by atoms with Gasteiger partial charge in [-0.05, 0) is 18.9 Å². The average molecular weight is 257 g/mol. The summed E-state index contributed by atoms with van der Waals surface area (Å²) >= 11 is 0. The number of fused-ring (bicyclic) bond motifs is 3. The van der Waals surface area contributed by atoms with E-state index in [1.165, 1.54) is 24.8 Å². The molecule has 3 unspecified atom stereocenters. The second-order valence-electron chi connectivity index (χ2n) is 5.69. The van der Waals surface area contributed by atoms with Crippen molar-refractivity contribution in [2.45, 2.75) is 30.9 Å². The van der Waals surface area contributed by atoms with Gasteiger partial charge in [0.1, 0.15) is 5.60 Å². The summed E-state index contributed by atoms with van der Waals surface area (Å²) in [5.74, 6) is 0.554. The van der Waals surface area contributed by atoms with Gasteiger partial charge in [0.05, 0.1) is 17.4 Å². The number of aromatic nitrogens is 2. The summed E-state index contributed by atoms with van der Waals surface area (Å²) in [6.45, 7) is 1.05. The third kappa shape index (κ3) is 1.38. The molecule has 4 rings (SSSR count). The summed E-state index contributed by atoms with van der Waals surface area (Å²) in [7, 11) is 1.85. The van der Waals surface area contributed by atoms with E-state index in [1.807, 2.05) is 7.11 Å². The molecule has 2 N–H and O–H groups in total. The molecule has 1 aliphatic carbocycles. The molecule has 2 aromatic rings. The number of aromatic amines is 1. The van der Waals surface area contributed by atoms with Crippen LogP contribution in [-0.2, 0) is 10.3 Å². The molecule has 0 radical (unpaired) electrons. The van der Waals surface area contributed by atoms with Crippen molar-refractivity contribution in [2.24, 2.45) is 5.92 Å². The molecule has 1 aromatic carbocycles. The van der Waals surface area contributed by atoms with Gasteiger partial charge in [-0.15, -0.1) is 0 Å². The van der Waals surface area contributed by atoms with E-state index in [2.05, 4.69) is 33.5 Å². The topological polar surface area (TPSA) is 49.9 Å². The van der Waals surface area contributed by atoms with E-state index < -0.39 is 0 Å². The molecule has 100 valence electrons. The van der Waals surface area contributed by atoms with Gasteiger partial charge in [0.25, 0.3) is 0 Å². The largest absolute Gasteiger partial charge is 0.371 e. The standard InChI is InChI=1S/C15H19N3O/c1-19-15(10-4-2-7-13(15)16-8-10)11-5-3-6-12-14(11)18-9-17-12/h3,5-6,9-10,13,16H,2,4,7-8H2,1H3,(H,17,18). The number of methoxy groups -OCH3 is 1. The minimum absolute atomic E-state index is 0.201. The number of ether oxygens (including phenoxy) is 1. The van der Waals surface area contributed by atoms with Crippen LogP contribution in [0.3, 0.4) is 0 Å². The highest BCUT2D eigenvalue weighted by Gasteiger charge is 2.54. The maximum absolute atomic E-state index is 6.11. The molecular formula is C15H19N3O. The number of para-hydroxylation sites is 1. The fraction of sp³-hybridized carbons (Fsp3) is 0.533. The van der Waals surface area contributed by atoms with Crippen molar-refractivity contribution in [2.75, 3.05) is 13.7 Å². The van der Waals surface area contributed by atoms with Crippen LogP contribution in [0.25, 0.3) is 11.0 Å². The van der Waals surface area contributed by atoms with Crippen molar-refractivity contribution in [3.8, 4) is 0 Å². The van der Waals surface area contributed by atoms with E-state index in [0.717, 1.165) is 17.6 Å². The smallest absolute Gasteiger partial charge is 0.114 e. The van der Waals surface area contributed by atoms with Crippen LogP contribution in [0.15, 0.2) is 24.5 Å². The number of nitrogens with one attached hydrogen (secondary N) is 2. The van der Waals surface area contributed by atoms with E-state index >= 15 is 0 Å². The van der Waals surface area contributed by atoms with Crippen molar-refractivity contribution in [3.63, 3.8) is 0 Å². The van der Waals surface area contributed by atoms with Crippen LogP contribution >= 0.6 is 0 Å². The average Bonchev–Trinajstić information content (AvgIpc) is 2.98. The summed E-state index contributed by atoms with van der Waals surface area (Å²) < 4.78 is 6.11. The number of rotatable bonds is 2. The van der Waals surface area contributed by atoms with Crippen LogP contribution in [0, 0.1) is 5.92 Å². The Morgan fingerprint density at radius 1 is 1.37 bits per heavy atom. The van der Waals surface area contributed by atoms with Crippen LogP contribution in [0.4, 0.5) is 0 Å². The molecule has 1 aromatic heterocycles. The monoisotopic (exact) mass is 257 g/mol. The number of hydrogen-bond acceptors (Lipinski definition) is 3. The van der Waals surface area contributed by atoms with E-state index in [9.17, 15) is 0 Å². The predicted molar refractivity (Wildman–Crippen MR) is 73.9 cm³/mol. The number of imidazole rings is 1. The maximum Gasteiger partial charge on any atom is 0.114 e. The van der Waals surface area contributed by atoms with Crippen molar-refractivity contribution < 1.29 is 4.74 Å². The van der Waals surface area contributed by atoms with Crippen LogP contribution in [-0.4, -0.2) is 29.7 Å². The normalized spacial score (nSPS) is 33.9. The first-order valence-electron chi connectivity index (χ1n) is 7.07. The van der Waals surface area contributed by atoms with Gasteiger partial charge in [0.2, 0.25) is 0 Å². The van der Waals surface area contributed by atoms with Gasteiger partial charge < -0.3 is 15.0 Å². The summed E-state index contributed by atoms with van der Waals surface area (Å²) in [5, 5.41) is 3.65. The minimum Gasteiger partial charge on any atom is -0.371 e. The van der Waals surface area contributed by atoms with E-state index in [0.29, 0.717) is 12.0 Å². The van der Waals surface area contributed by atoms with Gasteiger partial charge in [-0.1, -0.05) is 18.6 Å². The van der Waals surface area contributed by atoms with Gasteiger partial charge in [0, 0.05) is 31.2 Å². The first-order valence-corrected chi connectivity index (χ1v) is 7.07. The molecule has 4 nitrogen and oxygen atoms in total. The Bertz CT molecular complexity index is 590. The van der Waals surface area contributed by atoms with Gasteiger partial charge in [0.15, 0.2) is 0 Å². The zero-order chi connectivity index (χ0) is 12.9. The van der Waals surface area contributed by atoms with Gasteiger partial charge in [-0.25, -0.2) is 4.98 Å². The Labute approximate surface area is 112 Å². The second-order valence-corrected chi connectivity index (χ2v) is 5.69. The lowest BCUT2D eigenvalue weighted by atomic mass is 9.71. The number of hydrogen-bond donors (Lipinski definition) is 2. The van der Waals surface area contributed by atoms with Crippen molar-refractivity contribution >= 4 is 11.0 Å². The highest BCUT2D eigenvalue weighted by atomic mass is 16.5. The Balaban J connectivity index is 1.95. The molecular weight excluding hydrogens is 238 g/mol. The number of benzene rings is 1. The van der Waals surface area contributed by atoms with Crippen LogP contribution in [0.2, 0.25) is 0 Å². The zero-order valence-corrected chi connectivity index (χ0v) is 11.1. The van der Waals surface area contributed by atoms with Crippen molar-refractivity contribution in [1.82, 2.24) is 15.3 Å². The molecule has 4 heteroatoms.